The molecule has 1 saturated heterocycles. The lowest BCUT2D eigenvalue weighted by atomic mass is 10.2. The Hall–Kier alpha value is -1.02. The molecule has 0 aromatic rings. The van der Waals surface area contributed by atoms with Gasteiger partial charge in [0.15, 0.2) is 15.8 Å². The number of carbonyl (C=O) groups is 1. The first-order chi connectivity index (χ1) is 9.96. The largest absolute Gasteiger partial charge is 0.357 e. The van der Waals surface area contributed by atoms with E-state index in [0.717, 1.165) is 0 Å². The van der Waals surface area contributed by atoms with Gasteiger partial charge >= 0.3 is 0 Å². The van der Waals surface area contributed by atoms with E-state index in [1.165, 1.54) is 0 Å². The summed E-state index contributed by atoms with van der Waals surface area (Å²) in [6.45, 7) is 3.30. The molecule has 7 nitrogen and oxygen atoms in total. The summed E-state index contributed by atoms with van der Waals surface area (Å²) in [6, 6.07) is -0.265. The van der Waals surface area contributed by atoms with Crippen molar-refractivity contribution in [1.82, 2.24) is 16.0 Å². The number of aliphatic imine (C=N–C) groups is 1. The van der Waals surface area contributed by atoms with Crippen LogP contribution < -0.4 is 16.0 Å². The third-order valence-corrected chi connectivity index (χ3v) is 4.68. The topological polar surface area (TPSA) is 99.7 Å². The van der Waals surface area contributed by atoms with E-state index in [1.54, 1.807) is 0 Å². The van der Waals surface area contributed by atoms with Crippen LogP contribution in [0.15, 0.2) is 4.99 Å². The van der Waals surface area contributed by atoms with Crippen molar-refractivity contribution >= 4 is 45.7 Å². The van der Waals surface area contributed by atoms with Crippen LogP contribution in [0.1, 0.15) is 19.8 Å². The predicted molar refractivity (Wildman–Crippen MR) is 98.0 cm³/mol. The van der Waals surface area contributed by atoms with Crippen LogP contribution in [0.3, 0.4) is 0 Å². The lowest BCUT2D eigenvalue weighted by molar-refractivity contribution is -0.121. The predicted octanol–water partition coefficient (Wildman–Crippen LogP) is -0.514. The van der Waals surface area contributed by atoms with Gasteiger partial charge in [-0.15, -0.1) is 30.4 Å². The highest BCUT2D eigenvalue weighted by molar-refractivity contribution is 14.0. The van der Waals surface area contributed by atoms with E-state index < -0.39 is 9.84 Å². The summed E-state index contributed by atoms with van der Waals surface area (Å²) in [6.07, 6.45) is 5.86. The summed E-state index contributed by atoms with van der Waals surface area (Å²) >= 11 is 0. The summed E-state index contributed by atoms with van der Waals surface area (Å²) < 4.78 is 22.6. The lowest BCUT2D eigenvalue weighted by Gasteiger charge is -2.11. The van der Waals surface area contributed by atoms with Crippen LogP contribution in [-0.2, 0) is 14.6 Å². The van der Waals surface area contributed by atoms with Crippen LogP contribution in [0.5, 0.6) is 0 Å². The van der Waals surface area contributed by atoms with Gasteiger partial charge in [-0.05, 0) is 13.3 Å². The minimum Gasteiger partial charge on any atom is -0.357 e. The van der Waals surface area contributed by atoms with Crippen LogP contribution in [0, 0.1) is 12.3 Å². The van der Waals surface area contributed by atoms with Crippen molar-refractivity contribution in [2.75, 3.05) is 31.1 Å². The first-order valence-electron chi connectivity index (χ1n) is 6.92. The number of hydrogen-bond acceptors (Lipinski definition) is 4. The van der Waals surface area contributed by atoms with Gasteiger partial charge in [0.1, 0.15) is 0 Å². The number of amides is 1. The molecule has 9 heteroatoms. The number of hydrogen-bond donors (Lipinski definition) is 3. The number of sulfone groups is 1. The van der Waals surface area contributed by atoms with E-state index in [9.17, 15) is 13.2 Å². The second kappa shape index (κ2) is 10.7. The van der Waals surface area contributed by atoms with Gasteiger partial charge in [-0.2, -0.15) is 0 Å². The van der Waals surface area contributed by atoms with Crippen molar-refractivity contribution in [2.45, 2.75) is 25.8 Å². The molecular weight excluding hydrogens is 419 g/mol. The molecule has 1 aliphatic rings. The van der Waals surface area contributed by atoms with E-state index in [1.807, 2.05) is 6.92 Å². The Balaban J connectivity index is 0.00000441. The summed E-state index contributed by atoms with van der Waals surface area (Å²) in [5.41, 5.74) is 0. The number of halogens is 1. The maximum Gasteiger partial charge on any atom is 0.222 e. The fourth-order valence-corrected chi connectivity index (χ4v) is 3.63. The van der Waals surface area contributed by atoms with Crippen molar-refractivity contribution in [3.63, 3.8) is 0 Å². The van der Waals surface area contributed by atoms with E-state index in [-0.39, 0.29) is 53.9 Å². The molecule has 1 rings (SSSR count). The molecule has 1 amide bonds. The second-order valence-electron chi connectivity index (χ2n) is 4.74. The van der Waals surface area contributed by atoms with E-state index >= 15 is 0 Å². The van der Waals surface area contributed by atoms with Gasteiger partial charge in [-0.25, -0.2) is 8.42 Å². The number of carbonyl (C=O) groups excluding carboxylic acids is 1. The smallest absolute Gasteiger partial charge is 0.222 e. The SMILES string of the molecule is C#CCNC(=NCCC(=O)NC1CCS(=O)(=O)C1)NCC.I. The first kappa shape index (κ1) is 21.0. The van der Waals surface area contributed by atoms with Crippen molar-refractivity contribution in [1.29, 1.82) is 0 Å². The van der Waals surface area contributed by atoms with Crippen LogP contribution in [-0.4, -0.2) is 57.5 Å². The monoisotopic (exact) mass is 442 g/mol. The fraction of sp³-hybridized carbons (Fsp3) is 0.692. The summed E-state index contributed by atoms with van der Waals surface area (Å²) in [7, 11) is -2.97. The highest BCUT2D eigenvalue weighted by Crippen LogP contribution is 2.11. The summed E-state index contributed by atoms with van der Waals surface area (Å²) in [5, 5.41) is 8.65. The molecule has 22 heavy (non-hydrogen) atoms. The number of guanidine groups is 1. The van der Waals surface area contributed by atoms with Gasteiger partial charge in [0.25, 0.3) is 0 Å². The number of rotatable bonds is 6. The first-order valence-corrected chi connectivity index (χ1v) is 8.74. The molecule has 0 spiro atoms. The van der Waals surface area contributed by atoms with Crippen LogP contribution in [0.2, 0.25) is 0 Å². The van der Waals surface area contributed by atoms with Crippen LogP contribution in [0.25, 0.3) is 0 Å². The molecule has 3 N–H and O–H groups in total. The summed E-state index contributed by atoms with van der Waals surface area (Å²) in [4.78, 5) is 15.9. The highest BCUT2D eigenvalue weighted by atomic mass is 127. The highest BCUT2D eigenvalue weighted by Gasteiger charge is 2.28. The normalized spacial score (nSPS) is 19.6. The lowest BCUT2D eigenvalue weighted by Crippen LogP contribution is -2.38. The molecule has 1 aliphatic heterocycles. The quantitative estimate of drug-likeness (QED) is 0.223. The van der Waals surface area contributed by atoms with Crippen molar-refractivity contribution in [3.8, 4) is 12.3 Å². The van der Waals surface area contributed by atoms with Gasteiger partial charge in [0, 0.05) is 19.0 Å². The Morgan fingerprint density at radius 3 is 2.68 bits per heavy atom. The molecule has 1 unspecified atom stereocenters. The zero-order chi connectivity index (χ0) is 15.7. The molecule has 1 fully saturated rings. The molecule has 0 aliphatic carbocycles. The molecule has 0 saturated carbocycles. The molecule has 0 bridgehead atoms. The zero-order valence-corrected chi connectivity index (χ0v) is 15.7. The number of nitrogens with one attached hydrogen (secondary N) is 3. The Morgan fingerprint density at radius 2 is 2.14 bits per heavy atom. The van der Waals surface area contributed by atoms with Crippen molar-refractivity contribution in [2.24, 2.45) is 4.99 Å². The Labute approximate surface area is 149 Å². The standard InChI is InChI=1S/C13H22N4O3S.HI/c1-3-7-15-13(14-4-2)16-8-5-12(18)17-11-6-9-21(19,20)10-11;/h1,11H,4-10H2,2H3,(H,17,18)(H2,14,15,16);1H. The third kappa shape index (κ3) is 8.43. The maximum absolute atomic E-state index is 11.7. The van der Waals surface area contributed by atoms with Gasteiger partial charge < -0.3 is 16.0 Å². The second-order valence-corrected chi connectivity index (χ2v) is 6.96. The van der Waals surface area contributed by atoms with Gasteiger partial charge in [0.05, 0.1) is 24.6 Å². The molecule has 126 valence electrons. The van der Waals surface area contributed by atoms with Gasteiger partial charge in [-0.1, -0.05) is 5.92 Å². The molecule has 1 atom stereocenters. The molecule has 0 radical (unpaired) electrons. The minimum atomic E-state index is -2.97. The minimum absolute atomic E-state index is 0. The average Bonchev–Trinajstić information content (AvgIpc) is 2.75. The average molecular weight is 442 g/mol. The number of nitrogens with zero attached hydrogens (tertiary/aromatic N) is 1. The van der Waals surface area contributed by atoms with Gasteiger partial charge in [-0.3, -0.25) is 9.79 Å². The van der Waals surface area contributed by atoms with Crippen molar-refractivity contribution in [3.05, 3.63) is 0 Å². The molecule has 1 heterocycles. The molecule has 0 aromatic carbocycles. The Morgan fingerprint density at radius 1 is 1.41 bits per heavy atom. The Kier molecular flexibility index (Phi) is 10.2. The van der Waals surface area contributed by atoms with Crippen molar-refractivity contribution < 1.29 is 13.2 Å². The third-order valence-electron chi connectivity index (χ3n) is 2.91. The van der Waals surface area contributed by atoms with Crippen LogP contribution in [0.4, 0.5) is 0 Å². The number of terminal acetylenes is 1. The van der Waals surface area contributed by atoms with Gasteiger partial charge in [0.2, 0.25) is 5.91 Å². The Bertz CT molecular complexity index is 528. The zero-order valence-electron chi connectivity index (χ0n) is 12.6. The van der Waals surface area contributed by atoms with Crippen LogP contribution >= 0.6 is 24.0 Å². The maximum atomic E-state index is 11.7. The molecular formula is C13H23IN4O3S. The fourth-order valence-electron chi connectivity index (χ4n) is 1.95. The molecule has 0 aromatic heterocycles. The van der Waals surface area contributed by atoms with E-state index in [2.05, 4.69) is 26.9 Å². The summed E-state index contributed by atoms with van der Waals surface area (Å²) in [5.74, 6) is 3.00. The van der Waals surface area contributed by atoms with E-state index in [4.69, 9.17) is 6.42 Å². The van der Waals surface area contributed by atoms with E-state index in [0.29, 0.717) is 32.0 Å².